The summed E-state index contributed by atoms with van der Waals surface area (Å²) < 4.78 is 21.9. The van der Waals surface area contributed by atoms with Crippen LogP contribution in [0.1, 0.15) is 129 Å². The maximum atomic E-state index is 12.6. The lowest BCUT2D eigenvalue weighted by Crippen LogP contribution is -2.59. The van der Waals surface area contributed by atoms with Crippen LogP contribution in [-0.2, 0) is 28.5 Å². The van der Waals surface area contributed by atoms with Crippen LogP contribution in [0.2, 0.25) is 0 Å². The third-order valence-corrected chi connectivity index (χ3v) is 8.04. The number of rotatable bonds is 28. The maximum Gasteiger partial charge on any atom is 0.306 e. The largest absolute Gasteiger partial charge is 0.462 e. The molecule has 1 fully saturated rings. The van der Waals surface area contributed by atoms with Crippen molar-refractivity contribution in [3.05, 3.63) is 36.5 Å². The van der Waals surface area contributed by atoms with Gasteiger partial charge in [0.1, 0.15) is 31.0 Å². The van der Waals surface area contributed by atoms with Gasteiger partial charge in [-0.3, -0.25) is 9.59 Å². The second-order valence-electron chi connectivity index (χ2n) is 12.3. The molecule has 0 aromatic heterocycles. The van der Waals surface area contributed by atoms with Crippen molar-refractivity contribution in [2.24, 2.45) is 0 Å². The molecule has 0 aromatic rings. The molecule has 4 N–H and O–H groups in total. The predicted molar refractivity (Wildman–Crippen MR) is 182 cm³/mol. The van der Waals surface area contributed by atoms with Crippen molar-refractivity contribution < 1.29 is 49.0 Å². The standard InChI is InChI=1S/C37H64O10/c1-3-5-7-9-11-12-13-14-15-16-17-18-20-21-23-25-32(39)44-28-30(46-33(40)26-24-22-19-10-8-6-4-2)29-45-37-36(43)35(42)34(41)31(27-38)47-37/h5,7,11-12,14-15,30-31,34-38,41-43H,3-4,6,8-10,13,16-29H2,1-2H3/b7-5+,12-11+,15-14+/t30-,31-,34+,35?,36?,37-/m0/s1. The van der Waals surface area contributed by atoms with Crippen LogP contribution in [0, 0.1) is 0 Å². The number of hydrogen-bond acceptors (Lipinski definition) is 10. The molecule has 0 amide bonds. The molecule has 10 nitrogen and oxygen atoms in total. The van der Waals surface area contributed by atoms with Gasteiger partial charge >= 0.3 is 11.9 Å². The van der Waals surface area contributed by atoms with Crippen LogP contribution in [-0.4, -0.2) is 89.0 Å². The minimum absolute atomic E-state index is 0.224. The Kier molecular flexibility index (Phi) is 26.4. The zero-order chi connectivity index (χ0) is 34.5. The van der Waals surface area contributed by atoms with Crippen LogP contribution < -0.4 is 0 Å². The Morgan fingerprint density at radius 2 is 1.26 bits per heavy atom. The van der Waals surface area contributed by atoms with Gasteiger partial charge in [-0.05, 0) is 44.9 Å². The lowest BCUT2D eigenvalue weighted by molar-refractivity contribution is -0.305. The van der Waals surface area contributed by atoms with E-state index in [1.165, 1.54) is 19.3 Å². The molecule has 0 aliphatic carbocycles. The van der Waals surface area contributed by atoms with E-state index in [1.54, 1.807) is 0 Å². The van der Waals surface area contributed by atoms with Crippen LogP contribution in [0.3, 0.4) is 0 Å². The van der Waals surface area contributed by atoms with E-state index in [-0.39, 0.29) is 26.1 Å². The van der Waals surface area contributed by atoms with Crippen molar-refractivity contribution in [2.75, 3.05) is 19.8 Å². The Hall–Kier alpha value is -2.08. The second kappa shape index (κ2) is 28.9. The monoisotopic (exact) mass is 668 g/mol. The lowest BCUT2D eigenvalue weighted by atomic mass is 9.99. The van der Waals surface area contributed by atoms with Crippen molar-refractivity contribution in [1.29, 1.82) is 0 Å². The van der Waals surface area contributed by atoms with E-state index in [1.807, 2.05) is 0 Å². The number of carbonyl (C=O) groups excluding carboxylic acids is 2. The smallest absolute Gasteiger partial charge is 0.306 e. The minimum Gasteiger partial charge on any atom is -0.462 e. The molecule has 47 heavy (non-hydrogen) atoms. The fourth-order valence-electron chi connectivity index (χ4n) is 5.14. The number of ether oxygens (including phenoxy) is 4. The molecule has 0 radical (unpaired) electrons. The summed E-state index contributed by atoms with van der Waals surface area (Å²) >= 11 is 0. The van der Waals surface area contributed by atoms with Crippen LogP contribution in [0.4, 0.5) is 0 Å². The van der Waals surface area contributed by atoms with Gasteiger partial charge in [-0.25, -0.2) is 0 Å². The summed E-state index contributed by atoms with van der Waals surface area (Å²) in [7, 11) is 0. The molecule has 1 aliphatic rings. The molecule has 1 aliphatic heterocycles. The number of aliphatic hydroxyl groups is 4. The first-order valence-electron chi connectivity index (χ1n) is 18.1. The highest BCUT2D eigenvalue weighted by Gasteiger charge is 2.44. The van der Waals surface area contributed by atoms with E-state index >= 15 is 0 Å². The number of unbranched alkanes of at least 4 members (excludes halogenated alkanes) is 11. The van der Waals surface area contributed by atoms with Crippen molar-refractivity contribution in [3.8, 4) is 0 Å². The molecule has 0 aromatic carbocycles. The van der Waals surface area contributed by atoms with Gasteiger partial charge in [-0.15, -0.1) is 0 Å². The van der Waals surface area contributed by atoms with E-state index < -0.39 is 55.4 Å². The average molecular weight is 669 g/mol. The first-order chi connectivity index (χ1) is 22.8. The van der Waals surface area contributed by atoms with Gasteiger partial charge in [-0.1, -0.05) is 108 Å². The van der Waals surface area contributed by atoms with Gasteiger partial charge in [0.05, 0.1) is 13.2 Å². The van der Waals surface area contributed by atoms with Gasteiger partial charge in [0.15, 0.2) is 12.4 Å². The number of carbonyl (C=O) groups is 2. The fourth-order valence-corrected chi connectivity index (χ4v) is 5.14. The van der Waals surface area contributed by atoms with E-state index in [4.69, 9.17) is 18.9 Å². The predicted octanol–water partition coefficient (Wildman–Crippen LogP) is 5.99. The van der Waals surface area contributed by atoms with E-state index in [9.17, 15) is 30.0 Å². The number of hydrogen-bond donors (Lipinski definition) is 4. The zero-order valence-electron chi connectivity index (χ0n) is 29.0. The van der Waals surface area contributed by atoms with Crippen molar-refractivity contribution in [3.63, 3.8) is 0 Å². The molecule has 1 rings (SSSR count). The lowest BCUT2D eigenvalue weighted by Gasteiger charge is -2.39. The van der Waals surface area contributed by atoms with Gasteiger partial charge < -0.3 is 39.4 Å². The third kappa shape index (κ3) is 21.5. The Morgan fingerprint density at radius 1 is 0.681 bits per heavy atom. The van der Waals surface area contributed by atoms with E-state index in [2.05, 4.69) is 50.3 Å². The number of esters is 2. The van der Waals surface area contributed by atoms with Crippen molar-refractivity contribution in [1.82, 2.24) is 0 Å². The summed E-state index contributed by atoms with van der Waals surface area (Å²) in [5.41, 5.74) is 0. The molecule has 6 atom stereocenters. The second-order valence-corrected chi connectivity index (χ2v) is 12.3. The van der Waals surface area contributed by atoms with Crippen molar-refractivity contribution in [2.45, 2.75) is 166 Å². The highest BCUT2D eigenvalue weighted by Crippen LogP contribution is 2.22. The zero-order valence-corrected chi connectivity index (χ0v) is 29.0. The number of allylic oxidation sites excluding steroid dienone is 6. The quantitative estimate of drug-likeness (QED) is 0.0445. The van der Waals surface area contributed by atoms with Crippen LogP contribution >= 0.6 is 0 Å². The van der Waals surface area contributed by atoms with Gasteiger partial charge in [-0.2, -0.15) is 0 Å². The normalized spacial score (nSPS) is 22.4. The molecule has 0 spiro atoms. The number of aliphatic hydroxyl groups excluding tert-OH is 4. The van der Waals surface area contributed by atoms with E-state index in [0.717, 1.165) is 70.6 Å². The van der Waals surface area contributed by atoms with Crippen LogP contribution in [0.5, 0.6) is 0 Å². The highest BCUT2D eigenvalue weighted by atomic mass is 16.7. The van der Waals surface area contributed by atoms with Crippen LogP contribution in [0.25, 0.3) is 0 Å². The summed E-state index contributed by atoms with van der Waals surface area (Å²) in [4.78, 5) is 25.0. The maximum absolute atomic E-state index is 12.6. The molecule has 0 bridgehead atoms. The molecule has 1 heterocycles. The Labute approximate surface area is 283 Å². The average Bonchev–Trinajstić information content (AvgIpc) is 3.06. The molecule has 10 heteroatoms. The Bertz CT molecular complexity index is 871. The highest BCUT2D eigenvalue weighted by molar-refractivity contribution is 5.70. The topological polar surface area (TPSA) is 152 Å². The summed E-state index contributed by atoms with van der Waals surface area (Å²) in [6.45, 7) is 3.20. The van der Waals surface area contributed by atoms with Crippen LogP contribution in [0.15, 0.2) is 36.5 Å². The van der Waals surface area contributed by atoms with Gasteiger partial charge in [0.25, 0.3) is 0 Å². The first-order valence-corrected chi connectivity index (χ1v) is 18.1. The first kappa shape index (κ1) is 42.9. The molecule has 272 valence electrons. The summed E-state index contributed by atoms with van der Waals surface area (Å²) in [6, 6.07) is 0. The molecule has 1 saturated heterocycles. The van der Waals surface area contributed by atoms with E-state index in [0.29, 0.717) is 12.8 Å². The Morgan fingerprint density at radius 3 is 1.89 bits per heavy atom. The summed E-state index contributed by atoms with van der Waals surface area (Å²) in [5, 5.41) is 39.7. The van der Waals surface area contributed by atoms with Crippen molar-refractivity contribution >= 4 is 11.9 Å². The fraction of sp³-hybridized carbons (Fsp3) is 0.784. The third-order valence-electron chi connectivity index (χ3n) is 8.04. The summed E-state index contributed by atoms with van der Waals surface area (Å²) in [5.74, 6) is -0.838. The van der Waals surface area contributed by atoms with Gasteiger partial charge in [0, 0.05) is 12.8 Å². The minimum atomic E-state index is -1.59. The summed E-state index contributed by atoms with van der Waals surface area (Å²) in [6.07, 6.45) is 21.8. The molecule has 0 saturated carbocycles. The SMILES string of the molecule is CC/C=C/C/C=C/C/C=C/CCCCCCCC(=O)OC[C@@H](CO[C@H]1O[C@@H](CO)[C@@H](O)C(O)C1O)OC(=O)CCCCCCCCC. The Balaban J connectivity index is 2.39. The molecular formula is C37H64O10. The molecule has 2 unspecified atom stereocenters. The molecular weight excluding hydrogens is 604 g/mol. The van der Waals surface area contributed by atoms with Gasteiger partial charge in [0.2, 0.25) is 0 Å².